The van der Waals surface area contributed by atoms with Gasteiger partial charge in [-0.25, -0.2) is 14.3 Å². The Hall–Kier alpha value is -1.69. The lowest BCUT2D eigenvalue weighted by molar-refractivity contribution is 0.0522. The quantitative estimate of drug-likeness (QED) is 0.799. The van der Waals surface area contributed by atoms with Crippen LogP contribution in [0.4, 0.5) is 4.79 Å². The van der Waals surface area contributed by atoms with Crippen LogP contribution in [0, 0.1) is 0 Å². The lowest BCUT2D eigenvalue weighted by Gasteiger charge is -2.27. The van der Waals surface area contributed by atoms with Crippen LogP contribution in [0.3, 0.4) is 0 Å². The Labute approximate surface area is 105 Å². The Morgan fingerprint density at radius 3 is 2.67 bits per heavy atom. The van der Waals surface area contributed by atoms with Gasteiger partial charge in [0.1, 0.15) is 17.1 Å². The number of aldehydes is 1. The van der Waals surface area contributed by atoms with Crippen molar-refractivity contribution >= 4 is 12.4 Å². The van der Waals surface area contributed by atoms with Crippen LogP contribution in [-0.2, 0) is 4.74 Å². The van der Waals surface area contributed by atoms with Crippen molar-refractivity contribution in [3.63, 3.8) is 0 Å². The topological polar surface area (TPSA) is 73.2 Å². The van der Waals surface area contributed by atoms with Gasteiger partial charge in [0, 0.05) is 19.0 Å². The van der Waals surface area contributed by atoms with Gasteiger partial charge in [0.2, 0.25) is 0 Å². The zero-order valence-electron chi connectivity index (χ0n) is 10.8. The molecule has 0 spiro atoms. The lowest BCUT2D eigenvalue weighted by atomic mass is 10.0. The van der Waals surface area contributed by atoms with Crippen molar-refractivity contribution in [1.82, 2.24) is 14.9 Å². The molecule has 0 atom stereocenters. The van der Waals surface area contributed by atoms with E-state index < -0.39 is 11.7 Å². The Morgan fingerprint density at radius 2 is 2.22 bits per heavy atom. The molecular formula is C12H17N3O3. The number of hydrogen-bond donors (Lipinski definition) is 1. The minimum atomic E-state index is -0.601. The van der Waals surface area contributed by atoms with E-state index in [1.165, 1.54) is 10.8 Å². The van der Waals surface area contributed by atoms with E-state index in [9.17, 15) is 9.59 Å². The zero-order valence-corrected chi connectivity index (χ0v) is 10.8. The number of ether oxygens (including phenoxy) is 1. The van der Waals surface area contributed by atoms with E-state index in [0.717, 1.165) is 13.1 Å². The highest BCUT2D eigenvalue weighted by Gasteiger charge is 2.29. The molecule has 2 heterocycles. The van der Waals surface area contributed by atoms with Crippen LogP contribution in [0.5, 0.6) is 0 Å². The van der Waals surface area contributed by atoms with E-state index in [-0.39, 0.29) is 11.6 Å². The van der Waals surface area contributed by atoms with E-state index in [2.05, 4.69) is 10.3 Å². The lowest BCUT2D eigenvalue weighted by Crippen LogP contribution is -2.42. The molecule has 0 amide bonds. The summed E-state index contributed by atoms with van der Waals surface area (Å²) in [6.45, 7) is 6.88. The molecule has 1 N–H and O–H groups in total. The van der Waals surface area contributed by atoms with Crippen LogP contribution in [0.15, 0.2) is 6.20 Å². The van der Waals surface area contributed by atoms with E-state index in [4.69, 9.17) is 4.74 Å². The fraction of sp³-hybridized carbons (Fsp3) is 0.583. The van der Waals surface area contributed by atoms with Crippen molar-refractivity contribution in [2.24, 2.45) is 0 Å². The van der Waals surface area contributed by atoms with Gasteiger partial charge in [0.15, 0.2) is 6.29 Å². The zero-order chi connectivity index (χ0) is 13.3. The summed E-state index contributed by atoms with van der Waals surface area (Å²) in [6.07, 6.45) is 1.47. The molecule has 0 aliphatic carbocycles. The number of nitrogens with one attached hydrogen (secondary N) is 1. The predicted octanol–water partition coefficient (Wildman–Crippen LogP) is 1.17. The molecule has 1 fully saturated rings. The smallest absolute Gasteiger partial charge is 0.420 e. The molecule has 0 bridgehead atoms. The van der Waals surface area contributed by atoms with Crippen LogP contribution >= 0.6 is 0 Å². The molecule has 0 saturated carbocycles. The predicted molar refractivity (Wildman–Crippen MR) is 64.9 cm³/mol. The van der Waals surface area contributed by atoms with Gasteiger partial charge in [-0.05, 0) is 20.8 Å². The number of rotatable bonds is 2. The second-order valence-corrected chi connectivity index (χ2v) is 5.33. The Bertz CT molecular complexity index is 469. The van der Waals surface area contributed by atoms with Crippen molar-refractivity contribution in [3.8, 4) is 0 Å². The summed E-state index contributed by atoms with van der Waals surface area (Å²) in [5.74, 6) is 0.747. The van der Waals surface area contributed by atoms with Crippen molar-refractivity contribution < 1.29 is 14.3 Å². The molecule has 1 aliphatic heterocycles. The molecule has 6 nitrogen and oxygen atoms in total. The van der Waals surface area contributed by atoms with Gasteiger partial charge in [-0.15, -0.1) is 0 Å². The van der Waals surface area contributed by atoms with E-state index in [1.807, 2.05) is 0 Å². The number of aromatic nitrogens is 2. The standard InChI is InChI=1S/C12H17N3O3/c1-12(2,3)18-11(17)15-9(7-16)6-14-10(15)8-4-13-5-8/h6-8,13H,4-5H2,1-3H3. The fourth-order valence-corrected chi connectivity index (χ4v) is 1.73. The summed E-state index contributed by atoms with van der Waals surface area (Å²) in [4.78, 5) is 27.2. The van der Waals surface area contributed by atoms with Gasteiger partial charge in [0.05, 0.1) is 6.20 Å². The van der Waals surface area contributed by atoms with Crippen LogP contribution in [0.1, 0.15) is 43.0 Å². The average Bonchev–Trinajstić information content (AvgIpc) is 2.56. The van der Waals surface area contributed by atoms with Gasteiger partial charge in [-0.2, -0.15) is 0 Å². The number of carbonyl (C=O) groups excluding carboxylic acids is 2. The summed E-state index contributed by atoms with van der Waals surface area (Å²) >= 11 is 0. The summed E-state index contributed by atoms with van der Waals surface area (Å²) in [6, 6.07) is 0. The number of hydrogen-bond acceptors (Lipinski definition) is 5. The minimum absolute atomic E-state index is 0.159. The second-order valence-electron chi connectivity index (χ2n) is 5.33. The summed E-state index contributed by atoms with van der Waals surface area (Å²) in [5.41, 5.74) is -0.373. The van der Waals surface area contributed by atoms with E-state index >= 15 is 0 Å². The Kier molecular flexibility index (Phi) is 3.21. The third-order valence-corrected chi connectivity index (χ3v) is 2.66. The van der Waals surface area contributed by atoms with Crippen molar-refractivity contribution in [2.75, 3.05) is 13.1 Å². The molecule has 1 aromatic heterocycles. The summed E-state index contributed by atoms with van der Waals surface area (Å²) in [5, 5.41) is 3.11. The maximum atomic E-state index is 12.1. The van der Waals surface area contributed by atoms with Crippen LogP contribution in [-0.4, -0.2) is 40.6 Å². The van der Waals surface area contributed by atoms with Crippen molar-refractivity contribution in [3.05, 3.63) is 17.7 Å². The van der Waals surface area contributed by atoms with Crippen molar-refractivity contribution in [2.45, 2.75) is 32.3 Å². The SMILES string of the molecule is CC(C)(C)OC(=O)n1c(C=O)cnc1C1CNC1. The third kappa shape index (κ3) is 2.43. The molecule has 1 aliphatic rings. The maximum Gasteiger partial charge on any atom is 0.420 e. The van der Waals surface area contributed by atoms with Crippen LogP contribution < -0.4 is 5.32 Å². The second kappa shape index (κ2) is 4.53. The van der Waals surface area contributed by atoms with Gasteiger partial charge in [-0.3, -0.25) is 4.79 Å². The monoisotopic (exact) mass is 251 g/mol. The first-order valence-corrected chi connectivity index (χ1v) is 5.89. The molecular weight excluding hydrogens is 234 g/mol. The van der Waals surface area contributed by atoms with E-state index in [0.29, 0.717) is 12.1 Å². The van der Waals surface area contributed by atoms with Gasteiger partial charge < -0.3 is 10.1 Å². The normalized spacial score (nSPS) is 16.2. The molecule has 18 heavy (non-hydrogen) atoms. The Balaban J connectivity index is 2.31. The molecule has 0 aromatic carbocycles. The molecule has 0 unspecified atom stereocenters. The highest BCUT2D eigenvalue weighted by Crippen LogP contribution is 2.21. The molecule has 98 valence electrons. The average molecular weight is 251 g/mol. The molecule has 6 heteroatoms. The summed E-state index contributed by atoms with van der Waals surface area (Å²) in [7, 11) is 0. The minimum Gasteiger partial charge on any atom is -0.443 e. The van der Waals surface area contributed by atoms with E-state index in [1.54, 1.807) is 20.8 Å². The highest BCUT2D eigenvalue weighted by atomic mass is 16.6. The fourth-order valence-electron chi connectivity index (χ4n) is 1.73. The van der Waals surface area contributed by atoms with Crippen LogP contribution in [0.2, 0.25) is 0 Å². The molecule has 2 rings (SSSR count). The number of carbonyl (C=O) groups is 2. The summed E-state index contributed by atoms with van der Waals surface area (Å²) < 4.78 is 6.56. The maximum absolute atomic E-state index is 12.1. The molecule has 0 radical (unpaired) electrons. The first kappa shape index (κ1) is 12.8. The van der Waals surface area contributed by atoms with Gasteiger partial charge >= 0.3 is 6.09 Å². The van der Waals surface area contributed by atoms with Crippen LogP contribution in [0.25, 0.3) is 0 Å². The number of nitrogens with zero attached hydrogens (tertiary/aromatic N) is 2. The highest BCUT2D eigenvalue weighted by molar-refractivity contribution is 5.82. The van der Waals surface area contributed by atoms with Crippen molar-refractivity contribution in [1.29, 1.82) is 0 Å². The molecule has 1 aromatic rings. The number of imidazole rings is 1. The molecule has 1 saturated heterocycles. The Morgan fingerprint density at radius 1 is 1.56 bits per heavy atom. The van der Waals surface area contributed by atoms with Gasteiger partial charge in [-0.1, -0.05) is 0 Å². The van der Waals surface area contributed by atoms with Gasteiger partial charge in [0.25, 0.3) is 0 Å². The first-order valence-electron chi connectivity index (χ1n) is 5.89. The largest absolute Gasteiger partial charge is 0.443 e. The third-order valence-electron chi connectivity index (χ3n) is 2.66. The first-order chi connectivity index (χ1) is 8.42.